The number of hydrogen-bond donors (Lipinski definition) is 0. The third-order valence-corrected chi connectivity index (χ3v) is 4.20. The van der Waals surface area contributed by atoms with Crippen LogP contribution in [0.15, 0.2) is 30.3 Å². The number of hydrogen-bond acceptors (Lipinski definition) is 3. The minimum Gasteiger partial charge on any atom is -0.488 e. The molecule has 0 aliphatic carbocycles. The van der Waals surface area contributed by atoms with Crippen LogP contribution in [-0.2, 0) is 4.74 Å². The van der Waals surface area contributed by atoms with Gasteiger partial charge in [0.1, 0.15) is 11.4 Å². The average Bonchev–Trinajstić information content (AvgIpc) is 2.37. The Hall–Kier alpha value is -1.32. The quantitative estimate of drug-likeness (QED) is 0.832. The van der Waals surface area contributed by atoms with Gasteiger partial charge in [-0.05, 0) is 57.5 Å². The first-order chi connectivity index (χ1) is 9.92. The topological polar surface area (TPSA) is 21.7 Å². The molecule has 0 aromatic heterocycles. The van der Waals surface area contributed by atoms with Crippen molar-refractivity contribution in [3.63, 3.8) is 0 Å². The van der Waals surface area contributed by atoms with Gasteiger partial charge in [-0.15, -0.1) is 0 Å². The Kier molecular flexibility index (Phi) is 3.80. The summed E-state index contributed by atoms with van der Waals surface area (Å²) in [5.41, 5.74) is 2.60. The van der Waals surface area contributed by atoms with Crippen molar-refractivity contribution in [3.8, 4) is 5.75 Å². The largest absolute Gasteiger partial charge is 0.488 e. The number of rotatable bonds is 2. The molecular formula is C18H25NO2. The summed E-state index contributed by atoms with van der Waals surface area (Å²) in [5, 5.41) is 0. The molecule has 3 rings (SSSR count). The lowest BCUT2D eigenvalue weighted by Gasteiger charge is -2.42. The lowest BCUT2D eigenvalue weighted by atomic mass is 9.90. The zero-order valence-electron chi connectivity index (χ0n) is 13.4. The normalized spacial score (nSPS) is 26.4. The standard InChI is InChI=1S/C18H25NO2/c1-18(2,3)21-17-7-5-13(6-8-17)14-9-15-11-20-12-16(10-14)19(15)4/h5-9,15-16H,10-12H2,1-4H3. The molecule has 21 heavy (non-hydrogen) atoms. The highest BCUT2D eigenvalue weighted by Gasteiger charge is 2.32. The van der Waals surface area contributed by atoms with Crippen molar-refractivity contribution >= 4 is 5.57 Å². The van der Waals surface area contributed by atoms with Crippen molar-refractivity contribution in [2.75, 3.05) is 20.3 Å². The molecule has 0 spiro atoms. The maximum atomic E-state index is 5.89. The minimum atomic E-state index is -0.150. The van der Waals surface area contributed by atoms with Crippen LogP contribution in [0.5, 0.6) is 5.75 Å². The van der Waals surface area contributed by atoms with E-state index < -0.39 is 0 Å². The van der Waals surface area contributed by atoms with Crippen molar-refractivity contribution in [3.05, 3.63) is 35.9 Å². The van der Waals surface area contributed by atoms with Gasteiger partial charge in [-0.25, -0.2) is 0 Å². The van der Waals surface area contributed by atoms with E-state index in [2.05, 4.69) is 63.1 Å². The second kappa shape index (κ2) is 5.47. The second-order valence-electron chi connectivity index (χ2n) is 7.06. The molecule has 3 nitrogen and oxygen atoms in total. The fraction of sp³-hybridized carbons (Fsp3) is 0.556. The molecule has 2 aliphatic rings. The second-order valence-corrected chi connectivity index (χ2v) is 7.06. The summed E-state index contributed by atoms with van der Waals surface area (Å²) in [5.74, 6) is 0.934. The van der Waals surface area contributed by atoms with E-state index >= 15 is 0 Å². The predicted molar refractivity (Wildman–Crippen MR) is 85.6 cm³/mol. The lowest BCUT2D eigenvalue weighted by molar-refractivity contribution is -0.0221. The van der Waals surface area contributed by atoms with Gasteiger partial charge in [0.15, 0.2) is 0 Å². The van der Waals surface area contributed by atoms with E-state index in [-0.39, 0.29) is 5.60 Å². The number of benzene rings is 1. The summed E-state index contributed by atoms with van der Waals surface area (Å²) in [6, 6.07) is 9.43. The van der Waals surface area contributed by atoms with Crippen LogP contribution in [0.2, 0.25) is 0 Å². The summed E-state index contributed by atoms with van der Waals surface area (Å²) in [4.78, 5) is 2.43. The lowest BCUT2D eigenvalue weighted by Crippen LogP contribution is -2.51. The highest BCUT2D eigenvalue weighted by Crippen LogP contribution is 2.32. The fourth-order valence-electron chi connectivity index (χ4n) is 3.06. The van der Waals surface area contributed by atoms with E-state index in [0.717, 1.165) is 25.4 Å². The van der Waals surface area contributed by atoms with E-state index in [1.54, 1.807) is 0 Å². The maximum absolute atomic E-state index is 5.89. The fourth-order valence-corrected chi connectivity index (χ4v) is 3.06. The molecule has 0 N–H and O–H groups in total. The summed E-state index contributed by atoms with van der Waals surface area (Å²) in [6.45, 7) is 7.86. The molecule has 3 heteroatoms. The van der Waals surface area contributed by atoms with Gasteiger partial charge >= 0.3 is 0 Å². The van der Waals surface area contributed by atoms with Crippen LogP contribution in [0, 0.1) is 0 Å². The molecule has 1 aromatic carbocycles. The van der Waals surface area contributed by atoms with Crippen LogP contribution in [0.25, 0.3) is 5.57 Å². The van der Waals surface area contributed by atoms with Gasteiger partial charge < -0.3 is 9.47 Å². The number of likely N-dealkylation sites (N-methyl/N-ethyl adjacent to an activating group) is 1. The van der Waals surface area contributed by atoms with Crippen LogP contribution in [-0.4, -0.2) is 42.8 Å². The van der Waals surface area contributed by atoms with Crippen LogP contribution >= 0.6 is 0 Å². The van der Waals surface area contributed by atoms with E-state index in [0.29, 0.717) is 12.1 Å². The van der Waals surface area contributed by atoms with Gasteiger partial charge in [-0.2, -0.15) is 0 Å². The molecule has 1 aromatic rings. The van der Waals surface area contributed by atoms with Gasteiger partial charge in [0.2, 0.25) is 0 Å². The highest BCUT2D eigenvalue weighted by molar-refractivity contribution is 5.68. The van der Waals surface area contributed by atoms with Gasteiger partial charge in [0.25, 0.3) is 0 Å². The molecule has 0 radical (unpaired) electrons. The SMILES string of the molecule is CN1C2C=C(c3ccc(OC(C)(C)C)cc3)CC1COC2. The molecule has 2 atom stereocenters. The maximum Gasteiger partial charge on any atom is 0.120 e. The van der Waals surface area contributed by atoms with Gasteiger partial charge in [0, 0.05) is 6.04 Å². The Balaban J connectivity index is 1.78. The first-order valence-electron chi connectivity index (χ1n) is 7.72. The molecule has 2 bridgehead atoms. The Morgan fingerprint density at radius 3 is 2.48 bits per heavy atom. The van der Waals surface area contributed by atoms with Crippen LogP contribution in [0.4, 0.5) is 0 Å². The molecule has 1 saturated heterocycles. The Bertz CT molecular complexity index is 527. The smallest absolute Gasteiger partial charge is 0.120 e. The van der Waals surface area contributed by atoms with Crippen molar-refractivity contribution in [1.29, 1.82) is 0 Å². The van der Waals surface area contributed by atoms with Gasteiger partial charge in [-0.3, -0.25) is 4.90 Å². The Labute approximate surface area is 127 Å². The van der Waals surface area contributed by atoms with Crippen molar-refractivity contribution < 1.29 is 9.47 Å². The van der Waals surface area contributed by atoms with Gasteiger partial charge in [-0.1, -0.05) is 18.2 Å². The summed E-state index contributed by atoms with van der Waals surface area (Å²) in [7, 11) is 2.20. The Morgan fingerprint density at radius 2 is 1.86 bits per heavy atom. The van der Waals surface area contributed by atoms with Crippen LogP contribution in [0.3, 0.4) is 0 Å². The van der Waals surface area contributed by atoms with Crippen LogP contribution in [0.1, 0.15) is 32.8 Å². The minimum absolute atomic E-state index is 0.150. The van der Waals surface area contributed by atoms with E-state index in [9.17, 15) is 0 Å². The molecule has 0 saturated carbocycles. The molecule has 114 valence electrons. The van der Waals surface area contributed by atoms with E-state index in [4.69, 9.17) is 9.47 Å². The van der Waals surface area contributed by atoms with Crippen molar-refractivity contribution in [1.82, 2.24) is 4.90 Å². The molecule has 2 aliphatic heterocycles. The summed E-state index contributed by atoms with van der Waals surface area (Å²) < 4.78 is 11.5. The van der Waals surface area contributed by atoms with E-state index in [1.165, 1.54) is 11.1 Å². The monoisotopic (exact) mass is 287 g/mol. The first kappa shape index (κ1) is 14.6. The molecule has 2 unspecified atom stereocenters. The van der Waals surface area contributed by atoms with Crippen molar-refractivity contribution in [2.24, 2.45) is 0 Å². The van der Waals surface area contributed by atoms with Crippen LogP contribution < -0.4 is 4.74 Å². The number of ether oxygens (including phenoxy) is 2. The third kappa shape index (κ3) is 3.30. The number of fused-ring (bicyclic) bond motifs is 2. The molecule has 2 heterocycles. The predicted octanol–water partition coefficient (Wildman–Crippen LogP) is 3.35. The summed E-state index contributed by atoms with van der Waals surface area (Å²) >= 11 is 0. The van der Waals surface area contributed by atoms with Gasteiger partial charge in [0.05, 0.1) is 19.3 Å². The molecular weight excluding hydrogens is 262 g/mol. The zero-order valence-corrected chi connectivity index (χ0v) is 13.4. The molecule has 1 fully saturated rings. The summed E-state index contributed by atoms with van der Waals surface area (Å²) in [6.07, 6.45) is 3.42. The average molecular weight is 287 g/mol. The number of morpholine rings is 1. The highest BCUT2D eigenvalue weighted by atomic mass is 16.5. The third-order valence-electron chi connectivity index (χ3n) is 4.20. The number of nitrogens with zero attached hydrogens (tertiary/aromatic N) is 1. The Morgan fingerprint density at radius 1 is 1.14 bits per heavy atom. The molecule has 0 amide bonds. The first-order valence-corrected chi connectivity index (χ1v) is 7.72. The van der Waals surface area contributed by atoms with E-state index in [1.807, 2.05) is 0 Å². The zero-order chi connectivity index (χ0) is 15.0. The van der Waals surface area contributed by atoms with Crippen molar-refractivity contribution in [2.45, 2.75) is 44.9 Å².